The maximum absolute atomic E-state index is 5.73. The van der Waals surface area contributed by atoms with Gasteiger partial charge in [0, 0.05) is 44.5 Å². The Kier molecular flexibility index (Phi) is 4.57. The smallest absolute Gasteiger partial charge is 0.0534 e. The molecule has 0 aromatic carbocycles. The average molecular weight is 236 g/mol. The first-order valence-electron chi connectivity index (χ1n) is 6.71. The number of aromatic nitrogens is 2. The third kappa shape index (κ3) is 3.54. The zero-order chi connectivity index (χ0) is 12.1. The summed E-state index contributed by atoms with van der Waals surface area (Å²) < 4.78 is 1.87. The quantitative estimate of drug-likeness (QED) is 0.843. The number of nitrogens with zero attached hydrogens (tertiary/aromatic N) is 3. The van der Waals surface area contributed by atoms with Crippen LogP contribution < -0.4 is 5.73 Å². The van der Waals surface area contributed by atoms with Gasteiger partial charge >= 0.3 is 0 Å². The lowest BCUT2D eigenvalue weighted by Crippen LogP contribution is -2.39. The van der Waals surface area contributed by atoms with Crippen LogP contribution in [0.15, 0.2) is 12.4 Å². The minimum Gasteiger partial charge on any atom is -0.329 e. The van der Waals surface area contributed by atoms with Crippen LogP contribution in [0.5, 0.6) is 0 Å². The molecule has 1 aliphatic carbocycles. The monoisotopic (exact) mass is 236 g/mol. The molecule has 1 aromatic rings. The molecule has 96 valence electrons. The molecule has 4 heteroatoms. The molecule has 2 rings (SSSR count). The topological polar surface area (TPSA) is 47.1 Å². The van der Waals surface area contributed by atoms with E-state index in [-0.39, 0.29) is 0 Å². The molecule has 0 radical (unpaired) electrons. The Labute approximate surface area is 104 Å². The largest absolute Gasteiger partial charge is 0.329 e. The molecule has 0 amide bonds. The van der Waals surface area contributed by atoms with Gasteiger partial charge in [-0.2, -0.15) is 5.10 Å². The van der Waals surface area contributed by atoms with E-state index in [0.29, 0.717) is 0 Å². The zero-order valence-corrected chi connectivity index (χ0v) is 10.8. The van der Waals surface area contributed by atoms with Crippen molar-refractivity contribution in [1.82, 2.24) is 14.7 Å². The second-order valence-electron chi connectivity index (χ2n) is 5.07. The van der Waals surface area contributed by atoms with Crippen LogP contribution >= 0.6 is 0 Å². The van der Waals surface area contributed by atoms with Gasteiger partial charge in [0.15, 0.2) is 0 Å². The third-order valence-corrected chi connectivity index (χ3v) is 3.65. The van der Waals surface area contributed by atoms with Crippen LogP contribution in [-0.4, -0.2) is 33.8 Å². The molecule has 0 atom stereocenters. The molecule has 0 bridgehead atoms. The normalized spacial score (nSPS) is 17.8. The van der Waals surface area contributed by atoms with Gasteiger partial charge < -0.3 is 5.73 Å². The van der Waals surface area contributed by atoms with Gasteiger partial charge in [-0.1, -0.05) is 19.3 Å². The van der Waals surface area contributed by atoms with Gasteiger partial charge in [-0.3, -0.25) is 9.58 Å². The van der Waals surface area contributed by atoms with Crippen molar-refractivity contribution in [2.24, 2.45) is 12.8 Å². The highest BCUT2D eigenvalue weighted by Crippen LogP contribution is 2.23. The number of hydrogen-bond donors (Lipinski definition) is 1. The van der Waals surface area contributed by atoms with Crippen LogP contribution in [0.25, 0.3) is 0 Å². The van der Waals surface area contributed by atoms with Crippen LogP contribution in [0.3, 0.4) is 0 Å². The molecule has 2 N–H and O–H groups in total. The van der Waals surface area contributed by atoms with Crippen molar-refractivity contribution in [2.75, 3.05) is 13.1 Å². The molecular formula is C13H24N4. The summed E-state index contributed by atoms with van der Waals surface area (Å²) in [6.07, 6.45) is 10.9. The van der Waals surface area contributed by atoms with E-state index >= 15 is 0 Å². The minimum absolute atomic E-state index is 0.729. The molecular weight excluding hydrogens is 212 g/mol. The molecule has 17 heavy (non-hydrogen) atoms. The summed E-state index contributed by atoms with van der Waals surface area (Å²) in [7, 11) is 1.97. The van der Waals surface area contributed by atoms with E-state index < -0.39 is 0 Å². The van der Waals surface area contributed by atoms with Gasteiger partial charge in [0.25, 0.3) is 0 Å². The molecule has 0 unspecified atom stereocenters. The summed E-state index contributed by atoms with van der Waals surface area (Å²) in [5.74, 6) is 0. The van der Waals surface area contributed by atoms with Gasteiger partial charge in [-0.05, 0) is 12.8 Å². The Bertz CT molecular complexity index is 328. The molecule has 1 aromatic heterocycles. The van der Waals surface area contributed by atoms with Crippen molar-refractivity contribution in [2.45, 2.75) is 44.7 Å². The lowest BCUT2D eigenvalue weighted by molar-refractivity contribution is 0.152. The van der Waals surface area contributed by atoms with E-state index in [1.807, 2.05) is 17.9 Å². The summed E-state index contributed by atoms with van der Waals surface area (Å²) in [6.45, 7) is 2.74. The molecule has 1 saturated carbocycles. The fourth-order valence-corrected chi connectivity index (χ4v) is 2.79. The molecule has 0 spiro atoms. The second-order valence-corrected chi connectivity index (χ2v) is 5.07. The first-order chi connectivity index (χ1) is 8.29. The summed E-state index contributed by atoms with van der Waals surface area (Å²) in [5.41, 5.74) is 7.03. The number of nitrogens with two attached hydrogens (primary N) is 1. The predicted molar refractivity (Wildman–Crippen MR) is 69.5 cm³/mol. The van der Waals surface area contributed by atoms with Crippen LogP contribution in [0.2, 0.25) is 0 Å². The van der Waals surface area contributed by atoms with E-state index in [4.69, 9.17) is 5.73 Å². The fourth-order valence-electron chi connectivity index (χ4n) is 2.79. The van der Waals surface area contributed by atoms with Crippen molar-refractivity contribution in [3.63, 3.8) is 0 Å². The summed E-state index contributed by atoms with van der Waals surface area (Å²) in [4.78, 5) is 2.54. The van der Waals surface area contributed by atoms with Crippen molar-refractivity contribution in [3.05, 3.63) is 18.0 Å². The zero-order valence-electron chi connectivity index (χ0n) is 10.8. The highest BCUT2D eigenvalue weighted by Gasteiger charge is 2.20. The Hall–Kier alpha value is -0.870. The molecule has 0 saturated heterocycles. The number of aryl methyl sites for hydroxylation is 1. The summed E-state index contributed by atoms with van der Waals surface area (Å²) >= 11 is 0. The Balaban J connectivity index is 1.95. The van der Waals surface area contributed by atoms with Gasteiger partial charge in [-0.25, -0.2) is 0 Å². The van der Waals surface area contributed by atoms with Crippen LogP contribution in [0.4, 0.5) is 0 Å². The molecule has 1 heterocycles. The lowest BCUT2D eigenvalue weighted by atomic mass is 9.94. The Morgan fingerprint density at radius 2 is 2.18 bits per heavy atom. The average Bonchev–Trinajstić information content (AvgIpc) is 2.75. The van der Waals surface area contributed by atoms with Gasteiger partial charge in [0.1, 0.15) is 0 Å². The Morgan fingerprint density at radius 1 is 1.41 bits per heavy atom. The van der Waals surface area contributed by atoms with Gasteiger partial charge in [-0.15, -0.1) is 0 Å². The third-order valence-electron chi connectivity index (χ3n) is 3.65. The van der Waals surface area contributed by atoms with Crippen molar-refractivity contribution in [1.29, 1.82) is 0 Å². The lowest BCUT2D eigenvalue weighted by Gasteiger charge is -2.33. The number of rotatable bonds is 5. The maximum atomic E-state index is 5.73. The highest BCUT2D eigenvalue weighted by atomic mass is 15.2. The summed E-state index contributed by atoms with van der Waals surface area (Å²) in [5, 5.41) is 4.23. The number of hydrogen-bond acceptors (Lipinski definition) is 3. The van der Waals surface area contributed by atoms with Crippen LogP contribution in [-0.2, 0) is 13.6 Å². The standard InChI is InChI=1S/C13H24N4/c1-16-10-12(9-15-16)11-17(8-7-14)13-5-3-2-4-6-13/h9-10,13H,2-8,11,14H2,1H3. The first-order valence-corrected chi connectivity index (χ1v) is 6.71. The SMILES string of the molecule is Cn1cc(CN(CCN)C2CCCCC2)cn1. The second kappa shape index (κ2) is 6.17. The molecule has 4 nitrogen and oxygen atoms in total. The molecule has 1 fully saturated rings. The van der Waals surface area contributed by atoms with Crippen LogP contribution in [0.1, 0.15) is 37.7 Å². The predicted octanol–water partition coefficient (Wildman–Crippen LogP) is 1.51. The molecule has 0 aliphatic heterocycles. The minimum atomic E-state index is 0.729. The van der Waals surface area contributed by atoms with E-state index in [9.17, 15) is 0 Å². The first kappa shape index (κ1) is 12.6. The van der Waals surface area contributed by atoms with Gasteiger partial charge in [0.05, 0.1) is 6.20 Å². The van der Waals surface area contributed by atoms with E-state index in [0.717, 1.165) is 25.7 Å². The van der Waals surface area contributed by atoms with Gasteiger partial charge in [0.2, 0.25) is 0 Å². The van der Waals surface area contributed by atoms with Crippen molar-refractivity contribution in [3.8, 4) is 0 Å². The molecule has 1 aliphatic rings. The van der Waals surface area contributed by atoms with Crippen molar-refractivity contribution < 1.29 is 0 Å². The van der Waals surface area contributed by atoms with E-state index in [1.54, 1.807) is 0 Å². The Morgan fingerprint density at radius 3 is 2.76 bits per heavy atom. The van der Waals surface area contributed by atoms with E-state index in [2.05, 4.69) is 16.2 Å². The summed E-state index contributed by atoms with van der Waals surface area (Å²) in [6, 6.07) is 0.729. The van der Waals surface area contributed by atoms with E-state index in [1.165, 1.54) is 37.7 Å². The van der Waals surface area contributed by atoms with Crippen LogP contribution in [0, 0.1) is 0 Å². The maximum Gasteiger partial charge on any atom is 0.0534 e. The van der Waals surface area contributed by atoms with Crippen molar-refractivity contribution >= 4 is 0 Å². The highest BCUT2D eigenvalue weighted by molar-refractivity contribution is 5.03. The fraction of sp³-hybridized carbons (Fsp3) is 0.769.